The van der Waals surface area contributed by atoms with E-state index in [0.29, 0.717) is 11.3 Å². The SMILES string of the molecule is C=C(C)C(=O)Oc1ccc(-c2ccc(CCCO)cc2)cc1. The summed E-state index contributed by atoms with van der Waals surface area (Å²) in [5.41, 5.74) is 3.75. The second kappa shape index (κ2) is 7.57. The molecule has 0 heterocycles. The lowest BCUT2D eigenvalue weighted by Gasteiger charge is -2.07. The third kappa shape index (κ3) is 4.30. The predicted octanol–water partition coefficient (Wildman–Crippen LogP) is 3.76. The maximum atomic E-state index is 11.5. The third-order valence-electron chi connectivity index (χ3n) is 3.32. The largest absolute Gasteiger partial charge is 0.423 e. The monoisotopic (exact) mass is 296 g/mol. The molecule has 3 heteroatoms. The van der Waals surface area contributed by atoms with E-state index >= 15 is 0 Å². The van der Waals surface area contributed by atoms with Crippen LogP contribution in [0.3, 0.4) is 0 Å². The van der Waals surface area contributed by atoms with Crippen molar-refractivity contribution in [3.8, 4) is 16.9 Å². The topological polar surface area (TPSA) is 46.5 Å². The molecular weight excluding hydrogens is 276 g/mol. The van der Waals surface area contributed by atoms with Crippen LogP contribution >= 0.6 is 0 Å². The summed E-state index contributed by atoms with van der Waals surface area (Å²) in [5, 5.41) is 8.84. The minimum Gasteiger partial charge on any atom is -0.423 e. The highest BCUT2D eigenvalue weighted by molar-refractivity contribution is 5.88. The summed E-state index contributed by atoms with van der Waals surface area (Å²) in [6, 6.07) is 15.6. The van der Waals surface area contributed by atoms with Gasteiger partial charge < -0.3 is 9.84 Å². The number of hydrogen-bond acceptors (Lipinski definition) is 3. The summed E-state index contributed by atoms with van der Waals surface area (Å²) in [6.45, 7) is 5.39. The van der Waals surface area contributed by atoms with Crippen molar-refractivity contribution >= 4 is 5.97 Å². The van der Waals surface area contributed by atoms with E-state index < -0.39 is 5.97 Å². The van der Waals surface area contributed by atoms with Gasteiger partial charge in [0.1, 0.15) is 5.75 Å². The Morgan fingerprint density at radius 1 is 1.05 bits per heavy atom. The molecule has 0 unspecified atom stereocenters. The van der Waals surface area contributed by atoms with Crippen LogP contribution in [0, 0.1) is 0 Å². The van der Waals surface area contributed by atoms with Crippen molar-refractivity contribution in [1.29, 1.82) is 0 Å². The Balaban J connectivity index is 2.06. The Bertz CT molecular complexity index is 639. The summed E-state index contributed by atoms with van der Waals surface area (Å²) in [7, 11) is 0. The minimum absolute atomic E-state index is 0.214. The van der Waals surface area contributed by atoms with Crippen LogP contribution in [0.2, 0.25) is 0 Å². The molecule has 1 N–H and O–H groups in total. The second-order valence-electron chi connectivity index (χ2n) is 5.22. The van der Waals surface area contributed by atoms with Gasteiger partial charge in [-0.2, -0.15) is 0 Å². The van der Waals surface area contributed by atoms with Crippen LogP contribution in [0.4, 0.5) is 0 Å². The second-order valence-corrected chi connectivity index (χ2v) is 5.22. The molecule has 0 aliphatic carbocycles. The average Bonchev–Trinajstić information content (AvgIpc) is 2.54. The summed E-state index contributed by atoms with van der Waals surface area (Å²) >= 11 is 0. The Kier molecular flexibility index (Phi) is 5.50. The summed E-state index contributed by atoms with van der Waals surface area (Å²) < 4.78 is 5.17. The maximum absolute atomic E-state index is 11.5. The van der Waals surface area contributed by atoms with Gasteiger partial charge in [0.25, 0.3) is 0 Å². The van der Waals surface area contributed by atoms with Crippen LogP contribution in [-0.4, -0.2) is 17.7 Å². The number of carbonyl (C=O) groups excluding carboxylic acids is 1. The molecule has 0 amide bonds. The van der Waals surface area contributed by atoms with Gasteiger partial charge in [-0.05, 0) is 48.6 Å². The number of hydrogen-bond donors (Lipinski definition) is 1. The van der Waals surface area contributed by atoms with Crippen LogP contribution in [-0.2, 0) is 11.2 Å². The van der Waals surface area contributed by atoms with Crippen molar-refractivity contribution in [1.82, 2.24) is 0 Å². The number of rotatable bonds is 6. The van der Waals surface area contributed by atoms with Crippen molar-refractivity contribution in [2.45, 2.75) is 19.8 Å². The summed E-state index contributed by atoms with van der Waals surface area (Å²) in [5.74, 6) is 0.0947. The number of aryl methyl sites for hydroxylation is 1. The van der Waals surface area contributed by atoms with Gasteiger partial charge in [-0.1, -0.05) is 43.0 Å². The Morgan fingerprint density at radius 3 is 2.09 bits per heavy atom. The lowest BCUT2D eigenvalue weighted by molar-refractivity contribution is -0.130. The van der Waals surface area contributed by atoms with E-state index in [-0.39, 0.29) is 6.61 Å². The smallest absolute Gasteiger partial charge is 0.338 e. The Labute approximate surface area is 130 Å². The highest BCUT2D eigenvalue weighted by Gasteiger charge is 2.05. The fourth-order valence-electron chi connectivity index (χ4n) is 2.06. The van der Waals surface area contributed by atoms with Gasteiger partial charge in [0.2, 0.25) is 0 Å². The zero-order chi connectivity index (χ0) is 15.9. The molecule has 2 aromatic rings. The molecule has 0 atom stereocenters. The number of carbonyl (C=O) groups is 1. The molecule has 114 valence electrons. The van der Waals surface area contributed by atoms with Gasteiger partial charge in [-0.3, -0.25) is 0 Å². The number of ether oxygens (including phenoxy) is 1. The van der Waals surface area contributed by atoms with E-state index in [1.54, 1.807) is 19.1 Å². The van der Waals surface area contributed by atoms with Crippen LogP contribution in [0.25, 0.3) is 11.1 Å². The molecule has 2 aromatic carbocycles. The Hall–Kier alpha value is -2.39. The molecule has 2 rings (SSSR count). The molecule has 3 nitrogen and oxygen atoms in total. The quantitative estimate of drug-likeness (QED) is 0.501. The van der Waals surface area contributed by atoms with Crippen molar-refractivity contribution in [2.24, 2.45) is 0 Å². The zero-order valence-electron chi connectivity index (χ0n) is 12.7. The standard InChI is InChI=1S/C19H20O3/c1-14(2)19(21)22-18-11-9-17(10-12-18)16-7-5-15(6-8-16)4-3-13-20/h5-12,20H,1,3-4,13H2,2H3. The molecule has 0 aliphatic rings. The van der Waals surface area contributed by atoms with Gasteiger partial charge in [-0.15, -0.1) is 0 Å². The lowest BCUT2D eigenvalue weighted by atomic mass is 10.0. The highest BCUT2D eigenvalue weighted by atomic mass is 16.5. The molecule has 0 saturated carbocycles. The van der Waals surface area contributed by atoms with Crippen LogP contribution in [0.15, 0.2) is 60.7 Å². The molecule has 22 heavy (non-hydrogen) atoms. The third-order valence-corrected chi connectivity index (χ3v) is 3.32. The first kappa shape index (κ1) is 16.0. The minimum atomic E-state index is -0.416. The van der Waals surface area contributed by atoms with Crippen LogP contribution in [0.1, 0.15) is 18.9 Å². The molecule has 0 saturated heterocycles. The fourth-order valence-corrected chi connectivity index (χ4v) is 2.06. The van der Waals surface area contributed by atoms with E-state index in [4.69, 9.17) is 9.84 Å². The van der Waals surface area contributed by atoms with Gasteiger partial charge in [-0.25, -0.2) is 4.79 Å². The molecule has 0 fully saturated rings. The number of esters is 1. The van der Waals surface area contributed by atoms with Crippen LogP contribution in [0.5, 0.6) is 5.75 Å². The lowest BCUT2D eigenvalue weighted by Crippen LogP contribution is -2.07. The predicted molar refractivity (Wildman–Crippen MR) is 87.7 cm³/mol. The van der Waals surface area contributed by atoms with E-state index in [1.165, 1.54) is 5.56 Å². The van der Waals surface area contributed by atoms with E-state index in [2.05, 4.69) is 30.8 Å². The normalized spacial score (nSPS) is 10.3. The first-order chi connectivity index (χ1) is 10.6. The maximum Gasteiger partial charge on any atom is 0.338 e. The fraction of sp³-hybridized carbons (Fsp3) is 0.211. The van der Waals surface area contributed by atoms with Crippen molar-refractivity contribution in [3.05, 3.63) is 66.2 Å². The van der Waals surface area contributed by atoms with Gasteiger partial charge in [0.05, 0.1) is 0 Å². The van der Waals surface area contributed by atoms with Crippen molar-refractivity contribution < 1.29 is 14.6 Å². The highest BCUT2D eigenvalue weighted by Crippen LogP contribution is 2.23. The molecule has 0 bridgehead atoms. The van der Waals surface area contributed by atoms with Crippen LogP contribution < -0.4 is 4.74 Å². The van der Waals surface area contributed by atoms with Crippen molar-refractivity contribution in [3.63, 3.8) is 0 Å². The number of aliphatic hydroxyl groups excluding tert-OH is 1. The Morgan fingerprint density at radius 2 is 1.59 bits per heavy atom. The molecule has 0 spiro atoms. The molecule has 0 aliphatic heterocycles. The zero-order valence-corrected chi connectivity index (χ0v) is 12.7. The van der Waals surface area contributed by atoms with E-state index in [0.717, 1.165) is 24.0 Å². The number of benzene rings is 2. The van der Waals surface area contributed by atoms with E-state index in [1.807, 2.05) is 12.1 Å². The van der Waals surface area contributed by atoms with Gasteiger partial charge >= 0.3 is 5.97 Å². The molecular formula is C19H20O3. The average molecular weight is 296 g/mol. The van der Waals surface area contributed by atoms with Crippen molar-refractivity contribution in [2.75, 3.05) is 6.61 Å². The van der Waals surface area contributed by atoms with E-state index in [9.17, 15) is 4.79 Å². The van der Waals surface area contributed by atoms with Gasteiger partial charge in [0.15, 0.2) is 0 Å². The summed E-state index contributed by atoms with van der Waals surface area (Å²) in [4.78, 5) is 11.5. The molecule has 0 radical (unpaired) electrons. The first-order valence-corrected chi connectivity index (χ1v) is 7.28. The first-order valence-electron chi connectivity index (χ1n) is 7.28. The van der Waals surface area contributed by atoms with Gasteiger partial charge in [0, 0.05) is 12.2 Å². The number of aliphatic hydroxyl groups is 1. The summed E-state index contributed by atoms with van der Waals surface area (Å²) in [6.07, 6.45) is 1.66. The molecule has 0 aromatic heterocycles.